The van der Waals surface area contributed by atoms with Gasteiger partial charge in [0.1, 0.15) is 11.3 Å². The number of unbranched alkanes of at least 4 members (excludes halogenated alkanes) is 8. The van der Waals surface area contributed by atoms with Gasteiger partial charge in [-0.3, -0.25) is 0 Å². The molecule has 0 fully saturated rings. The van der Waals surface area contributed by atoms with Gasteiger partial charge in [-0.15, -0.1) is 0 Å². The lowest BCUT2D eigenvalue weighted by Gasteiger charge is -2.13. The lowest BCUT2D eigenvalue weighted by molar-refractivity contribution is 0.0598. The standard InChI is InChI=1S/C23H32O3/c1-3-4-5-6-7-8-9-10-13-18-26-21-17-16-19-14-11-12-15-20(19)22(21)23(24)25-2/h11-12,14-17H,3-10,13,18H2,1-2H3. The summed E-state index contributed by atoms with van der Waals surface area (Å²) in [5.74, 6) is 0.277. The van der Waals surface area contributed by atoms with Crippen LogP contribution in [0.4, 0.5) is 0 Å². The van der Waals surface area contributed by atoms with E-state index < -0.39 is 0 Å². The van der Waals surface area contributed by atoms with Crippen molar-refractivity contribution < 1.29 is 14.3 Å². The zero-order chi connectivity index (χ0) is 18.6. The van der Waals surface area contributed by atoms with E-state index in [0.29, 0.717) is 17.9 Å². The number of fused-ring (bicyclic) bond motifs is 1. The maximum atomic E-state index is 12.2. The van der Waals surface area contributed by atoms with Gasteiger partial charge in [0.25, 0.3) is 0 Å². The van der Waals surface area contributed by atoms with E-state index in [2.05, 4.69) is 6.92 Å². The first-order valence-electron chi connectivity index (χ1n) is 10.0. The van der Waals surface area contributed by atoms with Crippen molar-refractivity contribution in [1.82, 2.24) is 0 Å². The number of esters is 1. The molecule has 26 heavy (non-hydrogen) atoms. The van der Waals surface area contributed by atoms with Gasteiger partial charge in [0.2, 0.25) is 0 Å². The van der Waals surface area contributed by atoms with Gasteiger partial charge in [-0.25, -0.2) is 4.79 Å². The SMILES string of the molecule is CCCCCCCCCCCOc1ccc2ccccc2c1C(=O)OC. The molecule has 0 aliphatic heterocycles. The maximum absolute atomic E-state index is 12.2. The van der Waals surface area contributed by atoms with Crippen LogP contribution in [0.2, 0.25) is 0 Å². The second-order valence-electron chi connectivity index (χ2n) is 6.83. The molecule has 0 heterocycles. The van der Waals surface area contributed by atoms with Crippen molar-refractivity contribution in [1.29, 1.82) is 0 Å². The lowest BCUT2D eigenvalue weighted by atomic mass is 10.0. The molecule has 0 saturated carbocycles. The van der Waals surface area contributed by atoms with Crippen LogP contribution in [0.1, 0.15) is 75.1 Å². The topological polar surface area (TPSA) is 35.5 Å². The van der Waals surface area contributed by atoms with Gasteiger partial charge in [-0.05, 0) is 23.3 Å². The van der Waals surface area contributed by atoms with E-state index in [4.69, 9.17) is 9.47 Å². The molecule has 0 aliphatic carbocycles. The number of methoxy groups -OCH3 is 1. The molecular formula is C23H32O3. The van der Waals surface area contributed by atoms with Crippen LogP contribution in [0.5, 0.6) is 5.75 Å². The highest BCUT2D eigenvalue weighted by Crippen LogP contribution is 2.29. The number of ether oxygens (including phenoxy) is 2. The minimum atomic E-state index is -0.344. The van der Waals surface area contributed by atoms with E-state index in [1.807, 2.05) is 36.4 Å². The average molecular weight is 357 g/mol. The Hall–Kier alpha value is -2.03. The molecule has 0 bridgehead atoms. The average Bonchev–Trinajstić information content (AvgIpc) is 2.68. The number of carbonyl (C=O) groups excluding carboxylic acids is 1. The molecule has 3 heteroatoms. The number of hydrogen-bond donors (Lipinski definition) is 0. The molecule has 0 unspecified atom stereocenters. The van der Waals surface area contributed by atoms with Crippen molar-refractivity contribution in [2.75, 3.05) is 13.7 Å². The van der Waals surface area contributed by atoms with Gasteiger partial charge >= 0.3 is 5.97 Å². The molecule has 0 aliphatic rings. The van der Waals surface area contributed by atoms with Crippen molar-refractivity contribution in [2.45, 2.75) is 64.7 Å². The first-order chi connectivity index (χ1) is 12.8. The molecule has 0 atom stereocenters. The Kier molecular flexibility index (Phi) is 9.02. The van der Waals surface area contributed by atoms with Crippen LogP contribution >= 0.6 is 0 Å². The first-order valence-corrected chi connectivity index (χ1v) is 10.0. The summed E-state index contributed by atoms with van der Waals surface area (Å²) < 4.78 is 10.9. The van der Waals surface area contributed by atoms with E-state index in [9.17, 15) is 4.79 Å². The largest absolute Gasteiger partial charge is 0.493 e. The molecule has 0 N–H and O–H groups in total. The van der Waals surface area contributed by atoms with Gasteiger partial charge in [-0.1, -0.05) is 88.6 Å². The van der Waals surface area contributed by atoms with E-state index in [0.717, 1.165) is 17.2 Å². The van der Waals surface area contributed by atoms with Gasteiger partial charge in [-0.2, -0.15) is 0 Å². The highest BCUT2D eigenvalue weighted by atomic mass is 16.5. The predicted octanol–water partition coefficient (Wildman–Crippen LogP) is 6.54. The molecule has 0 spiro atoms. The summed E-state index contributed by atoms with van der Waals surface area (Å²) in [6.07, 6.45) is 11.5. The number of hydrogen-bond acceptors (Lipinski definition) is 3. The normalized spacial score (nSPS) is 10.8. The second-order valence-corrected chi connectivity index (χ2v) is 6.83. The quantitative estimate of drug-likeness (QED) is 0.320. The van der Waals surface area contributed by atoms with Gasteiger partial charge in [0.15, 0.2) is 0 Å². The third-order valence-electron chi connectivity index (χ3n) is 4.79. The summed E-state index contributed by atoms with van der Waals surface area (Å²) in [5.41, 5.74) is 0.529. The minimum Gasteiger partial charge on any atom is -0.493 e. The molecule has 2 aromatic rings. The Labute approximate surface area is 157 Å². The van der Waals surface area contributed by atoms with Crippen LogP contribution in [-0.2, 0) is 4.74 Å². The smallest absolute Gasteiger partial charge is 0.342 e. The summed E-state index contributed by atoms with van der Waals surface area (Å²) in [6.45, 7) is 2.89. The fraction of sp³-hybridized carbons (Fsp3) is 0.522. The number of rotatable bonds is 12. The Morgan fingerprint density at radius 3 is 2.19 bits per heavy atom. The molecular weight excluding hydrogens is 324 g/mol. The van der Waals surface area contributed by atoms with Crippen LogP contribution in [0.3, 0.4) is 0 Å². The van der Waals surface area contributed by atoms with Crippen molar-refractivity contribution in [3.8, 4) is 5.75 Å². The molecule has 3 nitrogen and oxygen atoms in total. The highest BCUT2D eigenvalue weighted by Gasteiger charge is 2.17. The van der Waals surface area contributed by atoms with Crippen LogP contribution in [0, 0.1) is 0 Å². The van der Waals surface area contributed by atoms with Gasteiger partial charge in [0.05, 0.1) is 13.7 Å². The van der Waals surface area contributed by atoms with Crippen molar-refractivity contribution in [2.24, 2.45) is 0 Å². The Morgan fingerprint density at radius 2 is 1.50 bits per heavy atom. The molecule has 2 aromatic carbocycles. The Morgan fingerprint density at radius 1 is 0.846 bits per heavy atom. The third kappa shape index (κ3) is 6.05. The molecule has 2 rings (SSSR count). The second kappa shape index (κ2) is 11.6. The van der Waals surface area contributed by atoms with E-state index in [-0.39, 0.29) is 5.97 Å². The molecule has 0 amide bonds. The summed E-state index contributed by atoms with van der Waals surface area (Å²) in [7, 11) is 1.41. The third-order valence-corrected chi connectivity index (χ3v) is 4.79. The van der Waals surface area contributed by atoms with Gasteiger partial charge in [0, 0.05) is 0 Å². The molecule has 0 saturated heterocycles. The van der Waals surface area contributed by atoms with E-state index in [1.165, 1.54) is 58.5 Å². The molecule has 0 radical (unpaired) electrons. The summed E-state index contributed by atoms with van der Waals surface area (Å²) in [6, 6.07) is 11.7. The monoisotopic (exact) mass is 356 g/mol. The zero-order valence-corrected chi connectivity index (χ0v) is 16.3. The highest BCUT2D eigenvalue weighted by molar-refractivity contribution is 6.07. The van der Waals surface area contributed by atoms with Crippen molar-refractivity contribution >= 4 is 16.7 Å². The molecule has 0 aromatic heterocycles. The van der Waals surface area contributed by atoms with E-state index in [1.54, 1.807) is 0 Å². The Balaban J connectivity index is 1.80. The Bertz CT molecular complexity index is 678. The lowest BCUT2D eigenvalue weighted by Crippen LogP contribution is -2.07. The van der Waals surface area contributed by atoms with Crippen LogP contribution < -0.4 is 4.74 Å². The maximum Gasteiger partial charge on any atom is 0.342 e. The number of benzene rings is 2. The fourth-order valence-electron chi connectivity index (χ4n) is 3.28. The summed E-state index contributed by atoms with van der Waals surface area (Å²) in [5, 5.41) is 1.90. The molecule has 142 valence electrons. The minimum absolute atomic E-state index is 0.344. The van der Waals surface area contributed by atoms with Crippen LogP contribution in [-0.4, -0.2) is 19.7 Å². The van der Waals surface area contributed by atoms with E-state index >= 15 is 0 Å². The van der Waals surface area contributed by atoms with Gasteiger partial charge < -0.3 is 9.47 Å². The zero-order valence-electron chi connectivity index (χ0n) is 16.3. The van der Waals surface area contributed by atoms with Crippen LogP contribution in [0.25, 0.3) is 10.8 Å². The van der Waals surface area contributed by atoms with Crippen molar-refractivity contribution in [3.63, 3.8) is 0 Å². The fourth-order valence-corrected chi connectivity index (χ4v) is 3.28. The summed E-state index contributed by atoms with van der Waals surface area (Å²) >= 11 is 0. The number of carbonyl (C=O) groups is 1. The van der Waals surface area contributed by atoms with Crippen LogP contribution in [0.15, 0.2) is 36.4 Å². The first kappa shape index (κ1) is 20.3. The van der Waals surface area contributed by atoms with Crippen molar-refractivity contribution in [3.05, 3.63) is 42.0 Å². The predicted molar refractivity (Wildman–Crippen MR) is 108 cm³/mol. The summed E-state index contributed by atoms with van der Waals surface area (Å²) in [4.78, 5) is 12.2.